The van der Waals surface area contributed by atoms with Crippen molar-refractivity contribution < 1.29 is 24.2 Å². The topological polar surface area (TPSA) is 101 Å². The van der Waals surface area contributed by atoms with Gasteiger partial charge in [0.2, 0.25) is 0 Å². The van der Waals surface area contributed by atoms with E-state index < -0.39 is 17.4 Å². The Morgan fingerprint density at radius 1 is 1.02 bits per heavy atom. The molecule has 1 saturated carbocycles. The quantitative estimate of drug-likeness (QED) is 0.194. The van der Waals surface area contributed by atoms with Crippen LogP contribution in [0.2, 0.25) is 5.02 Å². The van der Waals surface area contributed by atoms with Gasteiger partial charge in [0, 0.05) is 17.7 Å². The minimum atomic E-state index is -1.29. The zero-order valence-electron chi connectivity index (χ0n) is 26.4. The molecule has 236 valence electrons. The number of hydrogen-bond acceptors (Lipinski definition) is 6. The standard InChI is InChI=1S/C35H44ClN3O5/c1-23(2)22-44-26-12-10-24(3)28(21-26)27-13-15-30(33(40)38-35(34(41)42)16-7-6-8-17-35)37-32(27)25-11-14-29(36)31(20-25)43-19-9-18-39(4)5/h10-15,20-21,23H,6-9,16-19,22H2,1-5H3,(H,38,40)(H,41,42). The maximum atomic E-state index is 13.6. The van der Waals surface area contributed by atoms with Gasteiger partial charge in [0.15, 0.2) is 0 Å². The van der Waals surface area contributed by atoms with Crippen molar-refractivity contribution in [1.29, 1.82) is 0 Å². The molecular weight excluding hydrogens is 578 g/mol. The molecule has 8 nitrogen and oxygen atoms in total. The molecule has 0 atom stereocenters. The summed E-state index contributed by atoms with van der Waals surface area (Å²) < 4.78 is 12.1. The maximum absolute atomic E-state index is 13.6. The number of halogens is 1. The first-order chi connectivity index (χ1) is 21.0. The van der Waals surface area contributed by atoms with Gasteiger partial charge in [-0.3, -0.25) is 4.79 Å². The zero-order chi connectivity index (χ0) is 31.9. The molecule has 0 unspecified atom stereocenters. The van der Waals surface area contributed by atoms with Gasteiger partial charge < -0.3 is 24.8 Å². The molecule has 1 aliphatic rings. The monoisotopic (exact) mass is 621 g/mol. The van der Waals surface area contributed by atoms with E-state index in [1.54, 1.807) is 12.1 Å². The molecule has 1 fully saturated rings. The first kappa shape index (κ1) is 33.3. The smallest absolute Gasteiger partial charge is 0.329 e. The number of nitrogens with one attached hydrogen (secondary N) is 1. The highest BCUT2D eigenvalue weighted by Gasteiger charge is 2.41. The molecule has 0 spiro atoms. The summed E-state index contributed by atoms with van der Waals surface area (Å²) in [6.07, 6.45) is 4.08. The Balaban J connectivity index is 1.77. The van der Waals surface area contributed by atoms with Gasteiger partial charge in [0.25, 0.3) is 5.91 Å². The number of amides is 1. The van der Waals surface area contributed by atoms with Crippen LogP contribution in [0, 0.1) is 12.8 Å². The first-order valence-electron chi connectivity index (χ1n) is 15.4. The minimum absolute atomic E-state index is 0.142. The van der Waals surface area contributed by atoms with Crippen LogP contribution in [0.4, 0.5) is 0 Å². The fourth-order valence-electron chi connectivity index (χ4n) is 5.42. The number of aromatic nitrogens is 1. The van der Waals surface area contributed by atoms with Crippen LogP contribution in [0.25, 0.3) is 22.4 Å². The van der Waals surface area contributed by atoms with Gasteiger partial charge in [-0.05, 0) is 93.7 Å². The van der Waals surface area contributed by atoms with Gasteiger partial charge in [0.1, 0.15) is 22.7 Å². The number of nitrogens with zero attached hydrogens (tertiary/aromatic N) is 2. The van der Waals surface area contributed by atoms with Gasteiger partial charge in [-0.2, -0.15) is 0 Å². The molecule has 9 heteroatoms. The molecule has 1 heterocycles. The maximum Gasteiger partial charge on any atom is 0.329 e. The summed E-state index contributed by atoms with van der Waals surface area (Å²) in [6, 6.07) is 15.0. The highest BCUT2D eigenvalue weighted by Crippen LogP contribution is 2.38. The average Bonchev–Trinajstić information content (AvgIpc) is 2.99. The van der Waals surface area contributed by atoms with Gasteiger partial charge in [-0.25, -0.2) is 9.78 Å². The van der Waals surface area contributed by atoms with Crippen molar-refractivity contribution in [2.45, 2.75) is 64.8 Å². The second-order valence-electron chi connectivity index (χ2n) is 12.3. The number of carboxylic acids is 1. The van der Waals surface area contributed by atoms with Crippen molar-refractivity contribution in [2.75, 3.05) is 33.9 Å². The van der Waals surface area contributed by atoms with Crippen molar-refractivity contribution in [3.8, 4) is 33.9 Å². The molecule has 3 aromatic rings. The third-order valence-electron chi connectivity index (χ3n) is 7.89. The van der Waals surface area contributed by atoms with Crippen LogP contribution >= 0.6 is 11.6 Å². The van der Waals surface area contributed by atoms with Crippen molar-refractivity contribution in [3.05, 3.63) is 64.8 Å². The van der Waals surface area contributed by atoms with E-state index in [0.717, 1.165) is 60.2 Å². The van der Waals surface area contributed by atoms with Crippen LogP contribution in [0.15, 0.2) is 48.5 Å². The van der Waals surface area contributed by atoms with E-state index in [0.29, 0.717) is 48.4 Å². The first-order valence-corrected chi connectivity index (χ1v) is 15.7. The van der Waals surface area contributed by atoms with Crippen LogP contribution in [-0.2, 0) is 4.79 Å². The fraction of sp³-hybridized carbons (Fsp3) is 0.457. The lowest BCUT2D eigenvalue weighted by Gasteiger charge is -2.33. The predicted molar refractivity (Wildman–Crippen MR) is 175 cm³/mol. The number of aryl methyl sites for hydroxylation is 1. The summed E-state index contributed by atoms with van der Waals surface area (Å²) in [4.78, 5) is 32.8. The number of aliphatic carboxylic acids is 1. The van der Waals surface area contributed by atoms with E-state index in [1.165, 1.54) is 0 Å². The number of rotatable bonds is 13. The molecule has 1 aliphatic carbocycles. The summed E-state index contributed by atoms with van der Waals surface area (Å²) >= 11 is 6.53. The molecule has 44 heavy (non-hydrogen) atoms. The van der Waals surface area contributed by atoms with E-state index in [1.807, 2.05) is 57.4 Å². The number of carbonyl (C=O) groups is 2. The minimum Gasteiger partial charge on any atom is -0.493 e. The van der Waals surface area contributed by atoms with E-state index in [9.17, 15) is 14.7 Å². The molecule has 2 N–H and O–H groups in total. The SMILES string of the molecule is Cc1ccc(OCC(C)C)cc1-c1ccc(C(=O)NC2(C(=O)O)CCCCC2)nc1-c1ccc(Cl)c(OCCCN(C)C)c1. The highest BCUT2D eigenvalue weighted by molar-refractivity contribution is 6.32. The van der Waals surface area contributed by atoms with Crippen molar-refractivity contribution in [3.63, 3.8) is 0 Å². The summed E-state index contributed by atoms with van der Waals surface area (Å²) in [5.74, 6) is 0.127. The summed E-state index contributed by atoms with van der Waals surface area (Å²) in [6.45, 7) is 8.19. The van der Waals surface area contributed by atoms with E-state index in [-0.39, 0.29) is 5.69 Å². The van der Waals surface area contributed by atoms with Crippen molar-refractivity contribution >= 4 is 23.5 Å². The van der Waals surface area contributed by atoms with Gasteiger partial charge in [-0.1, -0.05) is 56.8 Å². The second kappa shape index (κ2) is 14.9. The van der Waals surface area contributed by atoms with Crippen molar-refractivity contribution in [1.82, 2.24) is 15.2 Å². The molecule has 0 bridgehead atoms. The molecular formula is C35H44ClN3O5. The molecule has 1 aromatic heterocycles. The Kier molecular flexibility index (Phi) is 11.3. The summed E-state index contributed by atoms with van der Waals surface area (Å²) in [5, 5.41) is 13.4. The lowest BCUT2D eigenvalue weighted by atomic mass is 9.81. The van der Waals surface area contributed by atoms with E-state index in [2.05, 4.69) is 24.1 Å². The Hall–Kier alpha value is -3.62. The summed E-state index contributed by atoms with van der Waals surface area (Å²) in [7, 11) is 4.03. The Morgan fingerprint density at radius 3 is 2.45 bits per heavy atom. The largest absolute Gasteiger partial charge is 0.493 e. The number of hydrogen-bond donors (Lipinski definition) is 2. The van der Waals surface area contributed by atoms with Crippen LogP contribution in [0.5, 0.6) is 11.5 Å². The molecule has 0 saturated heterocycles. The lowest BCUT2D eigenvalue weighted by Crippen LogP contribution is -2.55. The van der Waals surface area contributed by atoms with Gasteiger partial charge in [0.05, 0.1) is 23.9 Å². The summed E-state index contributed by atoms with van der Waals surface area (Å²) in [5.41, 5.74) is 2.87. The van der Waals surface area contributed by atoms with Crippen LogP contribution in [0.1, 0.15) is 68.4 Å². The Labute approximate surface area is 265 Å². The third kappa shape index (κ3) is 8.30. The lowest BCUT2D eigenvalue weighted by molar-refractivity contribution is -0.145. The molecule has 4 rings (SSSR count). The van der Waals surface area contributed by atoms with Crippen molar-refractivity contribution in [2.24, 2.45) is 5.92 Å². The highest BCUT2D eigenvalue weighted by atomic mass is 35.5. The van der Waals surface area contributed by atoms with Crippen LogP contribution in [-0.4, -0.2) is 66.3 Å². The van der Waals surface area contributed by atoms with Gasteiger partial charge >= 0.3 is 5.97 Å². The number of ether oxygens (including phenoxy) is 2. The second-order valence-corrected chi connectivity index (χ2v) is 12.7. The number of carboxylic acid groups (broad SMARTS) is 1. The molecule has 0 radical (unpaired) electrons. The average molecular weight is 622 g/mol. The third-order valence-corrected chi connectivity index (χ3v) is 8.20. The Morgan fingerprint density at radius 2 is 1.77 bits per heavy atom. The molecule has 2 aromatic carbocycles. The molecule has 0 aliphatic heterocycles. The van der Waals surface area contributed by atoms with E-state index >= 15 is 0 Å². The normalized spacial score (nSPS) is 14.5. The zero-order valence-corrected chi connectivity index (χ0v) is 27.2. The van der Waals surface area contributed by atoms with E-state index in [4.69, 9.17) is 26.1 Å². The van der Waals surface area contributed by atoms with Gasteiger partial charge in [-0.15, -0.1) is 0 Å². The van der Waals surface area contributed by atoms with Crippen LogP contribution < -0.4 is 14.8 Å². The molecule has 1 amide bonds. The fourth-order valence-corrected chi connectivity index (χ4v) is 5.59. The predicted octanol–water partition coefficient (Wildman–Crippen LogP) is 7.26. The number of pyridine rings is 1. The Bertz CT molecular complexity index is 1470. The number of benzene rings is 2. The van der Waals surface area contributed by atoms with Crippen LogP contribution in [0.3, 0.4) is 0 Å². The number of carbonyl (C=O) groups excluding carboxylic acids is 1.